The average molecular weight is 1270 g/mol. The summed E-state index contributed by atoms with van der Waals surface area (Å²) in [4.78, 5) is 22.7. The van der Waals surface area contributed by atoms with Gasteiger partial charge < -0.3 is 30.3 Å². The number of phenolic OH excluding ortho intramolecular Hbond substituents is 2. The molecule has 0 aliphatic carbocycles. The van der Waals surface area contributed by atoms with Gasteiger partial charge in [0.1, 0.15) is 44.0 Å². The molecule has 4 radical (unpaired) electrons. The van der Waals surface area contributed by atoms with E-state index >= 15 is 0 Å². The number of hydrogen-bond donors (Lipinski definition) is 8. The predicted molar refractivity (Wildman–Crippen MR) is 290 cm³/mol. The summed E-state index contributed by atoms with van der Waals surface area (Å²) < 4.78 is 151. The Morgan fingerprint density at radius 2 is 0.821 bits per heavy atom. The SMILES string of the molecule is COc1cc(N=Nc2c(S(=O)(=O)O)cc3cc(S(=O)(=O)O)cc(NC(=O)c4cccc(Cl)c4Cl)c3c2O)c(OC)cc1N=Nc1c(S(=O)(=O)O)cc2cc(S(=O)(=O)O)cc(NC(=O)c3cccc(Cl)c3Cl)c2c1O.[Na].[Na].[Na].[Na]. The van der Waals surface area contributed by atoms with E-state index in [2.05, 4.69) is 31.1 Å². The van der Waals surface area contributed by atoms with Gasteiger partial charge in [-0.1, -0.05) is 58.5 Å². The zero-order valence-electron chi connectivity index (χ0n) is 40.6. The molecular formula is C42H28Cl4N6Na4O18S4. The second-order valence-corrected chi connectivity index (χ2v) is 22.1. The number of anilines is 2. The van der Waals surface area contributed by atoms with Gasteiger partial charge in [-0.15, -0.1) is 20.5 Å². The number of benzene rings is 7. The van der Waals surface area contributed by atoms with Crippen LogP contribution in [0.1, 0.15) is 20.7 Å². The molecule has 0 heterocycles. The number of carbonyl (C=O) groups excluding carboxylic acids is 2. The number of azo groups is 2. The molecule has 0 aliphatic heterocycles. The molecule has 7 aromatic rings. The van der Waals surface area contributed by atoms with Gasteiger partial charge in [0.15, 0.2) is 11.5 Å². The summed E-state index contributed by atoms with van der Waals surface area (Å²) >= 11 is 24.5. The third-order valence-corrected chi connectivity index (χ3v) is 15.3. The Hall–Kier alpha value is -2.80. The van der Waals surface area contributed by atoms with Crippen molar-refractivity contribution >= 4 is 273 Å². The van der Waals surface area contributed by atoms with Crippen molar-refractivity contribution in [2.24, 2.45) is 20.5 Å². The summed E-state index contributed by atoms with van der Waals surface area (Å²) in [6, 6.07) is 14.0. The number of amides is 2. The van der Waals surface area contributed by atoms with Crippen molar-refractivity contribution in [2.75, 3.05) is 24.9 Å². The molecule has 0 bridgehead atoms. The van der Waals surface area contributed by atoms with Crippen LogP contribution in [-0.4, -0.2) is 206 Å². The van der Waals surface area contributed by atoms with Gasteiger partial charge in [0.05, 0.1) is 66.6 Å². The van der Waals surface area contributed by atoms with Gasteiger partial charge in [0.25, 0.3) is 52.3 Å². The number of rotatable bonds is 14. The number of nitrogens with zero attached hydrogens (tertiary/aromatic N) is 4. The molecule has 2 amide bonds. The molecule has 390 valence electrons. The Bertz CT molecular complexity index is 3890. The molecule has 0 aromatic heterocycles. The van der Waals surface area contributed by atoms with E-state index < -0.39 is 128 Å². The van der Waals surface area contributed by atoms with Gasteiger partial charge in [0.2, 0.25) is 0 Å². The second-order valence-electron chi connectivity index (χ2n) is 14.9. The minimum atomic E-state index is -5.40. The molecule has 0 saturated heterocycles. The van der Waals surface area contributed by atoms with Crippen LogP contribution in [0, 0.1) is 0 Å². The van der Waals surface area contributed by atoms with E-state index in [1.165, 1.54) is 36.4 Å². The molecule has 7 rings (SSSR count). The summed E-state index contributed by atoms with van der Waals surface area (Å²) in [5.41, 5.74) is -4.38. The number of phenols is 2. The molecule has 0 fully saturated rings. The number of aromatic hydroxyl groups is 2. The topological polar surface area (TPSA) is 384 Å². The monoisotopic (exact) mass is 1260 g/mol. The van der Waals surface area contributed by atoms with Crippen LogP contribution in [-0.2, 0) is 40.5 Å². The fourth-order valence-electron chi connectivity index (χ4n) is 6.97. The van der Waals surface area contributed by atoms with Crippen LogP contribution in [0.25, 0.3) is 21.5 Å². The minimum absolute atomic E-state index is 0. The van der Waals surface area contributed by atoms with Crippen molar-refractivity contribution in [3.8, 4) is 23.0 Å². The van der Waals surface area contributed by atoms with Gasteiger partial charge in [0, 0.05) is 141 Å². The third kappa shape index (κ3) is 15.1. The molecule has 36 heteroatoms. The van der Waals surface area contributed by atoms with E-state index in [1.54, 1.807) is 0 Å². The third-order valence-electron chi connectivity index (χ3n) is 10.3. The van der Waals surface area contributed by atoms with Gasteiger partial charge in [-0.2, -0.15) is 33.7 Å². The predicted octanol–water partition coefficient (Wildman–Crippen LogP) is 8.83. The smallest absolute Gasteiger partial charge is 0.296 e. The van der Waals surface area contributed by atoms with Crippen LogP contribution in [0.15, 0.2) is 125 Å². The Kier molecular flexibility index (Phi) is 24.1. The van der Waals surface area contributed by atoms with Crippen LogP contribution in [0.4, 0.5) is 34.1 Å². The van der Waals surface area contributed by atoms with Crippen molar-refractivity contribution in [2.45, 2.75) is 19.6 Å². The number of nitrogens with one attached hydrogen (secondary N) is 2. The first kappa shape index (κ1) is 69.5. The molecule has 78 heavy (non-hydrogen) atoms. The molecule has 24 nitrogen and oxygen atoms in total. The summed E-state index contributed by atoms with van der Waals surface area (Å²) in [5.74, 6) is -4.98. The first-order chi connectivity index (χ1) is 34.4. The zero-order valence-corrected chi connectivity index (χ0v) is 54.9. The van der Waals surface area contributed by atoms with E-state index in [9.17, 15) is 71.7 Å². The Morgan fingerprint density at radius 3 is 1.12 bits per heavy atom. The molecule has 0 atom stereocenters. The van der Waals surface area contributed by atoms with Gasteiger partial charge in [-0.3, -0.25) is 27.8 Å². The van der Waals surface area contributed by atoms with Gasteiger partial charge in [-0.25, -0.2) is 0 Å². The zero-order chi connectivity index (χ0) is 54.6. The maximum absolute atomic E-state index is 13.4. The Balaban J connectivity index is 0.00000400. The normalized spacial score (nSPS) is 11.8. The summed E-state index contributed by atoms with van der Waals surface area (Å²) in [6.07, 6.45) is 0. The maximum Gasteiger partial charge on any atom is 0.296 e. The minimum Gasteiger partial charge on any atom is -0.505 e. The molecule has 0 saturated carbocycles. The van der Waals surface area contributed by atoms with Crippen LogP contribution in [0.3, 0.4) is 0 Å². The van der Waals surface area contributed by atoms with Crippen molar-refractivity contribution < 1.29 is 81.2 Å². The van der Waals surface area contributed by atoms with Crippen LogP contribution in [0.5, 0.6) is 23.0 Å². The fourth-order valence-corrected chi connectivity index (χ4v) is 10.1. The first-order valence-electron chi connectivity index (χ1n) is 19.6. The van der Waals surface area contributed by atoms with E-state index in [1.807, 2.05) is 0 Å². The molecule has 0 aliphatic rings. The van der Waals surface area contributed by atoms with E-state index in [0.717, 1.165) is 26.4 Å². The number of fused-ring (bicyclic) bond motifs is 2. The van der Waals surface area contributed by atoms with Gasteiger partial charge in [-0.05, 0) is 71.4 Å². The number of halogens is 4. The first-order valence-corrected chi connectivity index (χ1v) is 26.9. The second kappa shape index (κ2) is 27.1. The quantitative estimate of drug-likeness (QED) is 0.0286. The van der Waals surface area contributed by atoms with Crippen LogP contribution in [0.2, 0.25) is 20.1 Å². The van der Waals surface area contributed by atoms with E-state index in [0.29, 0.717) is 36.4 Å². The Labute approximate surface area is 550 Å². The van der Waals surface area contributed by atoms with Crippen molar-refractivity contribution in [3.05, 3.63) is 116 Å². The summed E-state index contributed by atoms with van der Waals surface area (Å²) in [7, 11) is -18.8. The van der Waals surface area contributed by atoms with Crippen molar-refractivity contribution in [1.82, 2.24) is 0 Å². The fraction of sp³-hybridized carbons (Fsp3) is 0.0476. The summed E-state index contributed by atoms with van der Waals surface area (Å²) in [5, 5.41) is 40.9. The average Bonchev–Trinajstić information content (AvgIpc) is 3.30. The largest absolute Gasteiger partial charge is 0.505 e. The number of methoxy groups -OCH3 is 2. The van der Waals surface area contributed by atoms with Crippen LogP contribution < -0.4 is 20.1 Å². The maximum atomic E-state index is 13.4. The molecule has 0 spiro atoms. The van der Waals surface area contributed by atoms with Crippen molar-refractivity contribution in [1.29, 1.82) is 0 Å². The molecule has 8 N–H and O–H groups in total. The molecule has 0 unspecified atom stereocenters. The standard InChI is InChI=1S/C42H28Cl4N6O18S4.4Na/c1-69-29-15-26(50-52-38-32(74(66,67)68)12-18-10-20(72(60,61)62)14-28(34(18)40(38)54)48-42(56)22-6-4-8-24(44)36(22)46)30(70-2)16-25(29)49-51-37-31(73(63,64)65)11-17-9-19(71(57,58)59)13-27(33(17)39(37)53)47-41(55)21-5-3-7-23(43)35(21)45;;;;/h3-16,53-54H,1-2H3,(H,47,55)(H,48,56)(H,57,58,59)(H,60,61,62)(H,63,64,65)(H,66,67,68);;;;. The molecular weight excluding hydrogens is 1240 g/mol. The van der Waals surface area contributed by atoms with Gasteiger partial charge >= 0.3 is 0 Å². The van der Waals surface area contributed by atoms with Crippen molar-refractivity contribution in [3.63, 3.8) is 0 Å². The molecule has 7 aromatic carbocycles. The summed E-state index contributed by atoms with van der Waals surface area (Å²) in [6.45, 7) is 0. The van der Waals surface area contributed by atoms with E-state index in [-0.39, 0.29) is 172 Å². The number of ether oxygens (including phenoxy) is 2. The number of carbonyl (C=O) groups is 2. The number of hydrogen-bond acceptors (Lipinski definition) is 18. The van der Waals surface area contributed by atoms with Crippen LogP contribution >= 0.6 is 46.4 Å². The van der Waals surface area contributed by atoms with E-state index in [4.69, 9.17) is 55.9 Å². The Morgan fingerprint density at radius 1 is 0.487 bits per heavy atom.